The van der Waals surface area contributed by atoms with Crippen LogP contribution in [-0.4, -0.2) is 67.4 Å². The second kappa shape index (κ2) is 7.71. The van der Waals surface area contributed by atoms with Crippen LogP contribution in [0.1, 0.15) is 26.2 Å². The lowest BCUT2D eigenvalue weighted by Crippen LogP contribution is -2.48. The zero-order valence-corrected chi connectivity index (χ0v) is 13.1. The summed E-state index contributed by atoms with van der Waals surface area (Å²) < 4.78 is 31.6. The molecule has 0 amide bonds. The number of ether oxygens (including phenoxy) is 1. The van der Waals surface area contributed by atoms with E-state index in [-0.39, 0.29) is 26.1 Å². The maximum absolute atomic E-state index is 12.3. The normalized spacial score (nSPS) is 20.4. The number of piperidine rings is 1. The van der Waals surface area contributed by atoms with E-state index in [0.29, 0.717) is 19.4 Å². The second-order valence-corrected chi connectivity index (χ2v) is 6.96. The molecule has 1 fully saturated rings. The van der Waals surface area contributed by atoms with Gasteiger partial charge in [0.2, 0.25) is 0 Å². The molecule has 21 heavy (non-hydrogen) atoms. The lowest BCUT2D eigenvalue weighted by Gasteiger charge is -2.32. The number of hydrogen-bond acceptors (Lipinski definition) is 5. The molecule has 122 valence electrons. The molecule has 1 heterocycles. The predicted molar refractivity (Wildman–Crippen MR) is 74.7 cm³/mol. The van der Waals surface area contributed by atoms with Crippen molar-refractivity contribution in [1.82, 2.24) is 8.61 Å². The Morgan fingerprint density at radius 2 is 2.10 bits per heavy atom. The summed E-state index contributed by atoms with van der Waals surface area (Å²) in [6.45, 7) is 2.21. The average molecular weight is 322 g/mol. The van der Waals surface area contributed by atoms with Crippen molar-refractivity contribution in [3.05, 3.63) is 0 Å². The predicted octanol–water partition coefficient (Wildman–Crippen LogP) is -0.0872. The van der Waals surface area contributed by atoms with Crippen molar-refractivity contribution >= 4 is 22.1 Å². The van der Waals surface area contributed by atoms with Gasteiger partial charge in [-0.05, 0) is 19.8 Å². The summed E-state index contributed by atoms with van der Waals surface area (Å²) in [5.74, 6) is -2.11. The van der Waals surface area contributed by atoms with Crippen LogP contribution in [0.3, 0.4) is 0 Å². The number of hydrogen-bond donors (Lipinski definition) is 1. The first-order chi connectivity index (χ1) is 9.78. The molecule has 1 aliphatic rings. The molecule has 0 aromatic heterocycles. The third-order valence-corrected chi connectivity index (χ3v) is 5.34. The van der Waals surface area contributed by atoms with Crippen LogP contribution < -0.4 is 0 Å². The van der Waals surface area contributed by atoms with Crippen molar-refractivity contribution in [3.8, 4) is 0 Å². The number of rotatable bonds is 7. The van der Waals surface area contributed by atoms with Gasteiger partial charge >= 0.3 is 11.9 Å². The minimum Gasteiger partial charge on any atom is -0.481 e. The van der Waals surface area contributed by atoms with Crippen molar-refractivity contribution in [2.45, 2.75) is 26.2 Å². The van der Waals surface area contributed by atoms with Crippen molar-refractivity contribution in [1.29, 1.82) is 0 Å². The maximum atomic E-state index is 12.3. The Labute approximate surface area is 124 Å². The van der Waals surface area contributed by atoms with Gasteiger partial charge in [0.25, 0.3) is 10.2 Å². The molecular formula is C12H22N2O6S. The van der Waals surface area contributed by atoms with Crippen molar-refractivity contribution in [2.24, 2.45) is 5.92 Å². The third kappa shape index (κ3) is 4.94. The summed E-state index contributed by atoms with van der Waals surface area (Å²) in [5, 5.41) is 9.00. The van der Waals surface area contributed by atoms with Gasteiger partial charge in [0.05, 0.1) is 18.9 Å². The van der Waals surface area contributed by atoms with Crippen molar-refractivity contribution in [2.75, 3.05) is 33.3 Å². The molecule has 0 bridgehead atoms. The van der Waals surface area contributed by atoms with E-state index in [0.717, 1.165) is 4.31 Å². The molecule has 0 aliphatic carbocycles. The van der Waals surface area contributed by atoms with Crippen LogP contribution in [0.15, 0.2) is 0 Å². The average Bonchev–Trinajstić information content (AvgIpc) is 2.45. The number of carbonyl (C=O) groups excluding carboxylic acids is 1. The van der Waals surface area contributed by atoms with Gasteiger partial charge in [0, 0.05) is 26.7 Å². The standard InChI is InChI=1S/C12H22N2O6S/c1-3-20-11(15)6-8-13(2)21(18,19)14-7-4-5-10(9-14)12(16)17/h10H,3-9H2,1-2H3,(H,16,17). The minimum absolute atomic E-state index is 0.00933. The van der Waals surface area contributed by atoms with Crippen LogP contribution >= 0.6 is 0 Å². The molecule has 0 aromatic carbocycles. The van der Waals surface area contributed by atoms with E-state index >= 15 is 0 Å². The van der Waals surface area contributed by atoms with E-state index in [9.17, 15) is 18.0 Å². The SMILES string of the molecule is CCOC(=O)CCN(C)S(=O)(=O)N1CCCC(C(=O)O)C1. The topological polar surface area (TPSA) is 104 Å². The summed E-state index contributed by atoms with van der Waals surface area (Å²) in [5.41, 5.74) is 0. The molecule has 0 radical (unpaired) electrons. The Kier molecular flexibility index (Phi) is 6.56. The van der Waals surface area contributed by atoms with Crippen LogP contribution in [0.4, 0.5) is 0 Å². The summed E-state index contributed by atoms with van der Waals surface area (Å²) in [6, 6.07) is 0. The minimum atomic E-state index is -3.74. The summed E-state index contributed by atoms with van der Waals surface area (Å²) in [4.78, 5) is 22.2. The third-order valence-electron chi connectivity index (χ3n) is 3.39. The van der Waals surface area contributed by atoms with Gasteiger partial charge in [-0.25, -0.2) is 0 Å². The van der Waals surface area contributed by atoms with E-state index in [2.05, 4.69) is 0 Å². The molecule has 1 N–H and O–H groups in total. The van der Waals surface area contributed by atoms with Gasteiger partial charge in [0.15, 0.2) is 0 Å². The Balaban J connectivity index is 2.62. The highest BCUT2D eigenvalue weighted by molar-refractivity contribution is 7.86. The molecule has 0 saturated carbocycles. The first-order valence-electron chi connectivity index (χ1n) is 6.88. The number of carboxylic acid groups (broad SMARTS) is 1. The zero-order valence-electron chi connectivity index (χ0n) is 12.3. The van der Waals surface area contributed by atoms with E-state index in [1.54, 1.807) is 6.92 Å². The molecule has 1 atom stereocenters. The summed E-state index contributed by atoms with van der Waals surface area (Å²) >= 11 is 0. The lowest BCUT2D eigenvalue weighted by molar-refractivity contribution is -0.143. The second-order valence-electron chi connectivity index (χ2n) is 4.92. The molecule has 1 aliphatic heterocycles. The van der Waals surface area contributed by atoms with Gasteiger partial charge in [0.1, 0.15) is 0 Å². The fraction of sp³-hybridized carbons (Fsp3) is 0.833. The monoisotopic (exact) mass is 322 g/mol. The Morgan fingerprint density at radius 3 is 2.67 bits per heavy atom. The largest absolute Gasteiger partial charge is 0.481 e. The highest BCUT2D eigenvalue weighted by atomic mass is 32.2. The highest BCUT2D eigenvalue weighted by Crippen LogP contribution is 2.20. The smallest absolute Gasteiger partial charge is 0.307 e. The van der Waals surface area contributed by atoms with Crippen LogP contribution in [0.5, 0.6) is 0 Å². The van der Waals surface area contributed by atoms with Crippen LogP contribution in [0, 0.1) is 5.92 Å². The number of aliphatic carboxylic acids is 1. The lowest BCUT2D eigenvalue weighted by atomic mass is 10.0. The van der Waals surface area contributed by atoms with E-state index < -0.39 is 28.1 Å². The van der Waals surface area contributed by atoms with E-state index in [4.69, 9.17) is 9.84 Å². The number of nitrogens with zero attached hydrogens (tertiary/aromatic N) is 2. The van der Waals surface area contributed by atoms with Crippen LogP contribution in [0.2, 0.25) is 0 Å². The molecule has 1 rings (SSSR count). The van der Waals surface area contributed by atoms with Crippen LogP contribution in [0.25, 0.3) is 0 Å². The van der Waals surface area contributed by atoms with Crippen molar-refractivity contribution in [3.63, 3.8) is 0 Å². The fourth-order valence-electron chi connectivity index (χ4n) is 2.15. The van der Waals surface area contributed by atoms with Gasteiger partial charge < -0.3 is 9.84 Å². The van der Waals surface area contributed by atoms with E-state index in [1.165, 1.54) is 11.4 Å². The zero-order chi connectivity index (χ0) is 16.0. The van der Waals surface area contributed by atoms with Gasteiger partial charge in [-0.3, -0.25) is 9.59 Å². The number of esters is 1. The highest BCUT2D eigenvalue weighted by Gasteiger charge is 2.34. The van der Waals surface area contributed by atoms with Crippen molar-refractivity contribution < 1.29 is 27.9 Å². The Bertz CT molecular complexity index is 478. The Morgan fingerprint density at radius 1 is 1.43 bits per heavy atom. The van der Waals surface area contributed by atoms with Gasteiger partial charge in [-0.15, -0.1) is 0 Å². The van der Waals surface area contributed by atoms with Crippen LogP contribution in [-0.2, 0) is 24.5 Å². The molecular weight excluding hydrogens is 300 g/mol. The molecule has 0 aromatic rings. The number of carbonyl (C=O) groups is 2. The first kappa shape index (κ1) is 17.9. The quantitative estimate of drug-likeness (QED) is 0.657. The first-order valence-corrected chi connectivity index (χ1v) is 8.28. The molecule has 0 spiro atoms. The maximum Gasteiger partial charge on any atom is 0.307 e. The molecule has 1 unspecified atom stereocenters. The Hall–Kier alpha value is -1.19. The fourth-order valence-corrected chi connectivity index (χ4v) is 3.59. The molecule has 9 heteroatoms. The molecule has 8 nitrogen and oxygen atoms in total. The summed E-state index contributed by atoms with van der Waals surface area (Å²) in [7, 11) is -2.37. The van der Waals surface area contributed by atoms with Gasteiger partial charge in [-0.2, -0.15) is 17.0 Å². The summed E-state index contributed by atoms with van der Waals surface area (Å²) in [6.07, 6.45) is 0.968. The number of carboxylic acids is 1. The molecule has 1 saturated heterocycles. The van der Waals surface area contributed by atoms with E-state index in [1.807, 2.05) is 0 Å². The van der Waals surface area contributed by atoms with Gasteiger partial charge in [-0.1, -0.05) is 0 Å².